The highest BCUT2D eigenvalue weighted by atomic mass is 28.3. The summed E-state index contributed by atoms with van der Waals surface area (Å²) in [4.78, 5) is 0. The van der Waals surface area contributed by atoms with Crippen LogP contribution in [0.15, 0.2) is 0 Å². The van der Waals surface area contributed by atoms with Gasteiger partial charge in [-0.05, 0) is 50.4 Å². The van der Waals surface area contributed by atoms with Crippen LogP contribution in [0.25, 0.3) is 0 Å². The highest BCUT2D eigenvalue weighted by Gasteiger charge is 2.44. The predicted molar refractivity (Wildman–Crippen MR) is 115 cm³/mol. The number of ether oxygens (including phenoxy) is 2. The van der Waals surface area contributed by atoms with E-state index in [0.717, 1.165) is 11.8 Å². The molecular formula is C22H42O2Si2. The first-order valence-corrected chi connectivity index (χ1v) is 18.4. The molecule has 2 nitrogen and oxygen atoms in total. The van der Waals surface area contributed by atoms with E-state index in [2.05, 4.69) is 26.2 Å². The van der Waals surface area contributed by atoms with Crippen molar-refractivity contribution in [2.45, 2.75) is 126 Å². The third-order valence-electron chi connectivity index (χ3n) is 8.16. The molecule has 4 heteroatoms. The Balaban J connectivity index is 1.13. The number of hydrogen-bond acceptors (Lipinski definition) is 2. The summed E-state index contributed by atoms with van der Waals surface area (Å²) >= 11 is 0. The molecule has 0 N–H and O–H groups in total. The molecule has 2 aliphatic carbocycles. The molecule has 4 aliphatic rings. The summed E-state index contributed by atoms with van der Waals surface area (Å²) in [5, 5.41) is 0. The Morgan fingerprint density at radius 2 is 1.00 bits per heavy atom. The molecule has 0 amide bonds. The van der Waals surface area contributed by atoms with Crippen LogP contribution in [0.3, 0.4) is 0 Å². The number of hydrogen-bond donors (Lipinski definition) is 0. The molecule has 0 aromatic rings. The Bertz CT molecular complexity index is 449. The molecule has 2 heterocycles. The van der Waals surface area contributed by atoms with Gasteiger partial charge in [-0.25, -0.2) is 0 Å². The summed E-state index contributed by atoms with van der Waals surface area (Å²) in [6, 6.07) is 6.28. The minimum absolute atomic E-state index is 0.668. The van der Waals surface area contributed by atoms with Crippen molar-refractivity contribution in [3.63, 3.8) is 0 Å². The van der Waals surface area contributed by atoms with Crippen LogP contribution in [0.1, 0.15) is 51.4 Å². The maximum atomic E-state index is 5.73. The van der Waals surface area contributed by atoms with Crippen molar-refractivity contribution in [1.82, 2.24) is 0 Å². The lowest BCUT2D eigenvalue weighted by Gasteiger charge is -2.31. The van der Waals surface area contributed by atoms with Crippen molar-refractivity contribution in [3.8, 4) is 0 Å². The molecular weight excluding hydrogens is 352 g/mol. The minimum Gasteiger partial charge on any atom is -0.370 e. The van der Waals surface area contributed by atoms with Crippen LogP contribution in [-0.2, 0) is 9.47 Å². The second kappa shape index (κ2) is 7.64. The highest BCUT2D eigenvalue weighted by molar-refractivity contribution is 6.82. The van der Waals surface area contributed by atoms with Gasteiger partial charge >= 0.3 is 0 Å². The van der Waals surface area contributed by atoms with E-state index in [9.17, 15) is 0 Å². The molecule has 0 aromatic carbocycles. The first-order valence-electron chi connectivity index (χ1n) is 11.6. The Morgan fingerprint density at radius 1 is 0.577 bits per heavy atom. The van der Waals surface area contributed by atoms with E-state index >= 15 is 0 Å². The zero-order chi connectivity index (χ0) is 18.4. The fraction of sp³-hybridized carbons (Fsp3) is 1.00. The Morgan fingerprint density at radius 3 is 1.38 bits per heavy atom. The average molecular weight is 395 g/mol. The average Bonchev–Trinajstić information content (AvgIpc) is 3.50. The molecule has 0 spiro atoms. The zero-order valence-electron chi connectivity index (χ0n) is 17.8. The summed E-state index contributed by atoms with van der Waals surface area (Å²) in [6.45, 7) is 10.7. The lowest BCUT2D eigenvalue weighted by atomic mass is 9.87. The largest absolute Gasteiger partial charge is 0.370 e. The second-order valence-electron chi connectivity index (χ2n) is 11.7. The molecule has 6 unspecified atom stereocenters. The maximum Gasteiger partial charge on any atom is 0.0844 e. The smallest absolute Gasteiger partial charge is 0.0844 e. The van der Waals surface area contributed by atoms with E-state index in [-0.39, 0.29) is 0 Å². The maximum absolute atomic E-state index is 5.73. The van der Waals surface area contributed by atoms with Gasteiger partial charge in [-0.1, -0.05) is 63.2 Å². The van der Waals surface area contributed by atoms with E-state index in [1.807, 2.05) is 0 Å². The SMILES string of the molecule is C[Si](C)(CCC1CCC2OC2C1)CC[Si](C)(C)CCC1CCC2OC2C1. The second-order valence-corrected chi connectivity index (χ2v) is 22.3. The van der Waals surface area contributed by atoms with Crippen molar-refractivity contribution >= 4 is 16.1 Å². The molecule has 0 bridgehead atoms. The van der Waals surface area contributed by atoms with E-state index in [4.69, 9.17) is 9.47 Å². The zero-order valence-corrected chi connectivity index (χ0v) is 19.8. The number of rotatable bonds is 9. The first kappa shape index (κ1) is 19.7. The van der Waals surface area contributed by atoms with Gasteiger partial charge in [0.1, 0.15) is 0 Å². The van der Waals surface area contributed by atoms with E-state index < -0.39 is 16.1 Å². The lowest BCUT2D eigenvalue weighted by molar-refractivity contribution is 0.356. The molecule has 2 saturated carbocycles. The van der Waals surface area contributed by atoms with Crippen molar-refractivity contribution < 1.29 is 9.47 Å². The summed E-state index contributed by atoms with van der Waals surface area (Å²) in [5.74, 6) is 1.96. The summed E-state index contributed by atoms with van der Waals surface area (Å²) in [7, 11) is -2.01. The van der Waals surface area contributed by atoms with Crippen LogP contribution in [0.4, 0.5) is 0 Å². The van der Waals surface area contributed by atoms with Gasteiger partial charge in [0.05, 0.1) is 24.4 Å². The molecule has 4 rings (SSSR count). The van der Waals surface area contributed by atoms with Gasteiger partial charge < -0.3 is 9.47 Å². The Labute approximate surface area is 163 Å². The van der Waals surface area contributed by atoms with Gasteiger partial charge in [-0.15, -0.1) is 0 Å². The van der Waals surface area contributed by atoms with Gasteiger partial charge in [0.15, 0.2) is 0 Å². The molecule has 0 aromatic heterocycles. The number of fused-ring (bicyclic) bond motifs is 2. The van der Waals surface area contributed by atoms with Crippen LogP contribution in [0, 0.1) is 11.8 Å². The molecule has 2 aliphatic heterocycles. The van der Waals surface area contributed by atoms with Gasteiger partial charge in [-0.2, -0.15) is 0 Å². The standard InChI is InChI=1S/C22H42O2Si2/c1-25(2,11-9-17-5-7-19-21(15-17)23-19)13-14-26(3,4)12-10-18-6-8-20-22(16-18)24-20/h17-22H,5-16H2,1-4H3. The summed E-state index contributed by atoms with van der Waals surface area (Å²) < 4.78 is 11.5. The molecule has 2 saturated heterocycles. The van der Waals surface area contributed by atoms with Crippen LogP contribution >= 0.6 is 0 Å². The van der Waals surface area contributed by atoms with Crippen molar-refractivity contribution in [3.05, 3.63) is 0 Å². The lowest BCUT2D eigenvalue weighted by Crippen LogP contribution is -2.33. The van der Waals surface area contributed by atoms with Gasteiger partial charge in [0, 0.05) is 16.1 Å². The van der Waals surface area contributed by atoms with Crippen molar-refractivity contribution in [2.24, 2.45) is 11.8 Å². The topological polar surface area (TPSA) is 25.1 Å². The Hall–Kier alpha value is 0.354. The quantitative estimate of drug-likeness (QED) is 0.338. The molecule has 0 radical (unpaired) electrons. The minimum atomic E-state index is -1.00. The van der Waals surface area contributed by atoms with Gasteiger partial charge in [-0.3, -0.25) is 0 Å². The molecule has 26 heavy (non-hydrogen) atoms. The monoisotopic (exact) mass is 394 g/mol. The van der Waals surface area contributed by atoms with E-state index in [1.165, 1.54) is 51.4 Å². The van der Waals surface area contributed by atoms with Crippen molar-refractivity contribution in [1.29, 1.82) is 0 Å². The highest BCUT2D eigenvalue weighted by Crippen LogP contribution is 2.43. The van der Waals surface area contributed by atoms with Crippen LogP contribution in [0.2, 0.25) is 50.4 Å². The summed E-state index contributed by atoms with van der Waals surface area (Å²) in [6.07, 6.45) is 14.0. The predicted octanol–water partition coefficient (Wildman–Crippen LogP) is 6.32. The fourth-order valence-electron chi connectivity index (χ4n) is 5.61. The normalized spacial score (nSPS) is 39.2. The van der Waals surface area contributed by atoms with Crippen LogP contribution in [0.5, 0.6) is 0 Å². The van der Waals surface area contributed by atoms with Crippen LogP contribution < -0.4 is 0 Å². The van der Waals surface area contributed by atoms with Gasteiger partial charge in [0.25, 0.3) is 0 Å². The fourth-order valence-corrected chi connectivity index (χ4v) is 13.9. The third-order valence-corrected chi connectivity index (χ3v) is 15.2. The number of epoxide rings is 2. The van der Waals surface area contributed by atoms with E-state index in [0.29, 0.717) is 24.4 Å². The molecule has 150 valence electrons. The molecule has 6 atom stereocenters. The Kier molecular flexibility index (Phi) is 5.78. The first-order chi connectivity index (χ1) is 12.3. The van der Waals surface area contributed by atoms with Crippen LogP contribution in [-0.4, -0.2) is 40.6 Å². The summed E-state index contributed by atoms with van der Waals surface area (Å²) in [5.41, 5.74) is 0. The van der Waals surface area contributed by atoms with E-state index in [1.54, 1.807) is 24.2 Å². The third kappa shape index (κ3) is 5.45. The molecule has 4 fully saturated rings. The van der Waals surface area contributed by atoms with Gasteiger partial charge in [0.2, 0.25) is 0 Å². The van der Waals surface area contributed by atoms with Crippen molar-refractivity contribution in [2.75, 3.05) is 0 Å².